The largest absolute Gasteiger partial charge is 0.353 e. The number of piperazine rings is 1. The lowest BCUT2D eigenvalue weighted by atomic mass is 10.1. The van der Waals surface area contributed by atoms with Crippen molar-refractivity contribution in [1.29, 1.82) is 0 Å². The molecule has 3 rings (SSSR count). The van der Waals surface area contributed by atoms with E-state index in [0.29, 0.717) is 10.8 Å². The maximum Gasteiger partial charge on any atom is 0.250 e. The van der Waals surface area contributed by atoms with E-state index >= 15 is 0 Å². The fraction of sp³-hybridized carbons (Fsp3) is 0.500. The van der Waals surface area contributed by atoms with Crippen LogP contribution in [-0.4, -0.2) is 62.6 Å². The standard InChI is InChI=1S/C16H24N4O2S2/c1-18-8-10-20(11-9-18)15(14-5-3-7-19(14)2)13-17-24(21,22)16-6-4-12-23-16/h3-7,12,15,17H,8-11,13H2,1-2H3/t15-/m1/s1. The van der Waals surface area contributed by atoms with Gasteiger partial charge in [-0.15, -0.1) is 11.3 Å². The normalized spacial score (nSPS) is 18.8. The molecule has 2 aromatic rings. The molecular weight excluding hydrogens is 344 g/mol. The summed E-state index contributed by atoms with van der Waals surface area (Å²) in [5.74, 6) is 0. The van der Waals surface area contributed by atoms with Crippen molar-refractivity contribution in [2.24, 2.45) is 7.05 Å². The van der Waals surface area contributed by atoms with Gasteiger partial charge in [0.25, 0.3) is 0 Å². The molecule has 1 aliphatic rings. The molecule has 1 aliphatic heterocycles. The minimum absolute atomic E-state index is 0.0356. The topological polar surface area (TPSA) is 57.6 Å². The average molecular weight is 369 g/mol. The van der Waals surface area contributed by atoms with E-state index in [2.05, 4.69) is 32.2 Å². The number of hydrogen-bond acceptors (Lipinski definition) is 5. The van der Waals surface area contributed by atoms with Crippen LogP contribution in [0.2, 0.25) is 0 Å². The number of nitrogens with one attached hydrogen (secondary N) is 1. The highest BCUT2D eigenvalue weighted by Gasteiger charge is 2.27. The Bertz CT molecular complexity index is 747. The lowest BCUT2D eigenvalue weighted by Gasteiger charge is -2.38. The second kappa shape index (κ2) is 7.37. The van der Waals surface area contributed by atoms with Crippen LogP contribution in [0.4, 0.5) is 0 Å². The van der Waals surface area contributed by atoms with Gasteiger partial charge >= 0.3 is 0 Å². The lowest BCUT2D eigenvalue weighted by molar-refractivity contribution is 0.109. The monoisotopic (exact) mass is 368 g/mol. The summed E-state index contributed by atoms with van der Waals surface area (Å²) in [7, 11) is 0.682. The van der Waals surface area contributed by atoms with E-state index in [0.717, 1.165) is 31.9 Å². The van der Waals surface area contributed by atoms with Gasteiger partial charge in [-0.2, -0.15) is 0 Å². The summed E-state index contributed by atoms with van der Waals surface area (Å²) in [5, 5.41) is 1.78. The van der Waals surface area contributed by atoms with Crippen LogP contribution in [0, 0.1) is 0 Å². The van der Waals surface area contributed by atoms with Crippen molar-refractivity contribution in [2.75, 3.05) is 39.8 Å². The van der Waals surface area contributed by atoms with Crippen molar-refractivity contribution in [3.8, 4) is 0 Å². The zero-order chi connectivity index (χ0) is 17.2. The molecule has 24 heavy (non-hydrogen) atoms. The van der Waals surface area contributed by atoms with Crippen LogP contribution < -0.4 is 4.72 Å². The van der Waals surface area contributed by atoms with Crippen molar-refractivity contribution in [3.63, 3.8) is 0 Å². The van der Waals surface area contributed by atoms with Gasteiger partial charge in [0.2, 0.25) is 10.0 Å². The Kier molecular flexibility index (Phi) is 5.41. The van der Waals surface area contributed by atoms with E-state index < -0.39 is 10.0 Å². The number of rotatable bonds is 6. The van der Waals surface area contributed by atoms with E-state index in [-0.39, 0.29) is 6.04 Å². The third kappa shape index (κ3) is 3.89. The first-order valence-corrected chi connectivity index (χ1v) is 10.4. The van der Waals surface area contributed by atoms with Crippen LogP contribution >= 0.6 is 11.3 Å². The summed E-state index contributed by atoms with van der Waals surface area (Å²) in [6.45, 7) is 4.25. The lowest BCUT2D eigenvalue weighted by Crippen LogP contribution is -2.48. The molecule has 2 aromatic heterocycles. The molecule has 0 amide bonds. The van der Waals surface area contributed by atoms with E-state index in [9.17, 15) is 8.42 Å². The van der Waals surface area contributed by atoms with Crippen molar-refractivity contribution in [3.05, 3.63) is 41.5 Å². The summed E-state index contributed by atoms with van der Waals surface area (Å²) < 4.78 is 30.1. The highest BCUT2D eigenvalue weighted by atomic mass is 32.2. The van der Waals surface area contributed by atoms with Gasteiger partial charge in [-0.3, -0.25) is 4.90 Å². The van der Waals surface area contributed by atoms with Gasteiger partial charge in [-0.1, -0.05) is 6.07 Å². The Morgan fingerprint density at radius 3 is 2.50 bits per heavy atom. The van der Waals surface area contributed by atoms with E-state index in [1.165, 1.54) is 11.3 Å². The number of aryl methyl sites for hydroxylation is 1. The number of sulfonamides is 1. The van der Waals surface area contributed by atoms with E-state index in [4.69, 9.17) is 0 Å². The predicted octanol–water partition coefficient (Wildman–Crippen LogP) is 1.35. The minimum Gasteiger partial charge on any atom is -0.353 e. The molecule has 0 unspecified atom stereocenters. The number of aromatic nitrogens is 1. The third-order valence-corrected chi connectivity index (χ3v) is 7.35. The fourth-order valence-electron chi connectivity index (χ4n) is 3.05. The zero-order valence-electron chi connectivity index (χ0n) is 14.1. The summed E-state index contributed by atoms with van der Waals surface area (Å²) in [5.41, 5.74) is 1.13. The molecule has 3 heterocycles. The second-order valence-corrected chi connectivity index (χ2v) is 9.12. The molecule has 0 aromatic carbocycles. The molecule has 0 aliphatic carbocycles. The van der Waals surface area contributed by atoms with E-state index in [1.54, 1.807) is 17.5 Å². The molecule has 0 saturated carbocycles. The first-order chi connectivity index (χ1) is 11.5. The van der Waals surface area contributed by atoms with Gasteiger partial charge in [-0.25, -0.2) is 13.1 Å². The van der Waals surface area contributed by atoms with Gasteiger partial charge in [0, 0.05) is 51.7 Å². The van der Waals surface area contributed by atoms with Crippen molar-refractivity contribution in [1.82, 2.24) is 19.1 Å². The maximum atomic E-state index is 12.5. The third-order valence-electron chi connectivity index (χ3n) is 4.53. The quantitative estimate of drug-likeness (QED) is 0.836. The van der Waals surface area contributed by atoms with Crippen LogP contribution in [-0.2, 0) is 17.1 Å². The number of thiophene rings is 1. The molecule has 1 N–H and O–H groups in total. The van der Waals surface area contributed by atoms with Crippen molar-refractivity contribution >= 4 is 21.4 Å². The van der Waals surface area contributed by atoms with Crippen LogP contribution in [0.3, 0.4) is 0 Å². The molecule has 132 valence electrons. The minimum atomic E-state index is -3.44. The number of hydrogen-bond donors (Lipinski definition) is 1. The maximum absolute atomic E-state index is 12.5. The Labute approximate surface area is 147 Å². The van der Waals surface area contributed by atoms with Gasteiger partial charge in [0.15, 0.2) is 0 Å². The van der Waals surface area contributed by atoms with Gasteiger partial charge in [0.05, 0.1) is 6.04 Å². The molecule has 1 saturated heterocycles. The molecule has 0 spiro atoms. The SMILES string of the molecule is CN1CCN([C@H](CNS(=O)(=O)c2cccs2)c2cccn2C)CC1. The molecular formula is C16H24N4O2S2. The predicted molar refractivity (Wildman–Crippen MR) is 96.7 cm³/mol. The van der Waals surface area contributed by atoms with Crippen molar-refractivity contribution < 1.29 is 8.42 Å². The van der Waals surface area contributed by atoms with Crippen LogP contribution in [0.25, 0.3) is 0 Å². The van der Waals surface area contributed by atoms with Crippen LogP contribution in [0.1, 0.15) is 11.7 Å². The van der Waals surface area contributed by atoms with Crippen molar-refractivity contribution in [2.45, 2.75) is 10.3 Å². The zero-order valence-corrected chi connectivity index (χ0v) is 15.7. The molecule has 1 atom stereocenters. The summed E-state index contributed by atoms with van der Waals surface area (Å²) in [6, 6.07) is 7.51. The molecule has 0 radical (unpaired) electrons. The number of nitrogens with zero attached hydrogens (tertiary/aromatic N) is 3. The Balaban J connectivity index is 1.77. The Hall–Kier alpha value is -1.19. The average Bonchev–Trinajstić information content (AvgIpc) is 3.22. The summed E-state index contributed by atoms with van der Waals surface area (Å²) in [6.07, 6.45) is 2.01. The molecule has 0 bridgehead atoms. The Morgan fingerprint density at radius 1 is 1.17 bits per heavy atom. The van der Waals surface area contributed by atoms with Gasteiger partial charge < -0.3 is 9.47 Å². The van der Waals surface area contributed by atoms with Crippen LogP contribution in [0.15, 0.2) is 40.1 Å². The molecule has 8 heteroatoms. The first kappa shape index (κ1) is 17.6. The fourth-order valence-corrected chi connectivity index (χ4v) is 5.13. The first-order valence-electron chi connectivity index (χ1n) is 8.04. The highest BCUT2D eigenvalue weighted by Crippen LogP contribution is 2.23. The smallest absolute Gasteiger partial charge is 0.250 e. The molecule has 1 fully saturated rings. The highest BCUT2D eigenvalue weighted by molar-refractivity contribution is 7.91. The summed E-state index contributed by atoms with van der Waals surface area (Å²) >= 11 is 1.24. The molecule has 6 nitrogen and oxygen atoms in total. The summed E-state index contributed by atoms with van der Waals surface area (Å²) in [4.78, 5) is 4.67. The number of likely N-dealkylation sites (N-methyl/N-ethyl adjacent to an activating group) is 1. The van der Waals surface area contributed by atoms with Gasteiger partial charge in [-0.05, 0) is 30.6 Å². The van der Waals surface area contributed by atoms with Crippen LogP contribution in [0.5, 0.6) is 0 Å². The Morgan fingerprint density at radius 2 is 1.92 bits per heavy atom. The second-order valence-electron chi connectivity index (χ2n) is 6.18. The van der Waals surface area contributed by atoms with Gasteiger partial charge in [0.1, 0.15) is 4.21 Å². The van der Waals surface area contributed by atoms with E-state index in [1.807, 2.05) is 19.3 Å².